The monoisotopic (exact) mass is 164 g/mol. The number of rotatable bonds is 2. The summed E-state index contributed by atoms with van der Waals surface area (Å²) in [7, 11) is 0. The topological polar surface area (TPSA) is 63.8 Å². The molecule has 0 amide bonds. The van der Waals surface area contributed by atoms with Crippen LogP contribution >= 0.6 is 0 Å². The van der Waals surface area contributed by atoms with Crippen molar-refractivity contribution >= 4 is 5.82 Å². The zero-order valence-electron chi connectivity index (χ0n) is 6.99. The molecule has 12 heavy (non-hydrogen) atoms. The average Bonchev–Trinajstić information content (AvgIpc) is 2.72. The van der Waals surface area contributed by atoms with E-state index < -0.39 is 0 Å². The van der Waals surface area contributed by atoms with Gasteiger partial charge in [0, 0.05) is 12.1 Å². The van der Waals surface area contributed by atoms with E-state index in [4.69, 9.17) is 5.73 Å². The second kappa shape index (κ2) is 2.71. The number of anilines is 1. The average molecular weight is 164 g/mol. The van der Waals surface area contributed by atoms with E-state index in [1.165, 1.54) is 0 Å². The molecule has 0 aliphatic heterocycles. The van der Waals surface area contributed by atoms with Gasteiger partial charge in [0.25, 0.3) is 0 Å². The molecule has 1 aliphatic carbocycles. The molecule has 3 N–H and O–H groups in total. The highest BCUT2D eigenvalue weighted by Gasteiger charge is 2.33. The highest BCUT2D eigenvalue weighted by Crippen LogP contribution is 2.22. The van der Waals surface area contributed by atoms with Gasteiger partial charge in [-0.15, -0.1) is 5.10 Å². The molecule has 0 saturated heterocycles. The molecular weight excluding hydrogens is 152 g/mol. The first-order valence-electron chi connectivity index (χ1n) is 4.08. The molecule has 0 aromatic carbocycles. The molecule has 4 heteroatoms. The molecule has 64 valence electrons. The van der Waals surface area contributed by atoms with Crippen LogP contribution in [0.5, 0.6) is 0 Å². The van der Waals surface area contributed by atoms with Gasteiger partial charge in [-0.05, 0) is 25.5 Å². The summed E-state index contributed by atoms with van der Waals surface area (Å²) in [5.74, 6) is 0.818. The van der Waals surface area contributed by atoms with Gasteiger partial charge in [-0.1, -0.05) is 0 Å². The first kappa shape index (κ1) is 7.49. The van der Waals surface area contributed by atoms with Crippen molar-refractivity contribution in [3.63, 3.8) is 0 Å². The van der Waals surface area contributed by atoms with Gasteiger partial charge in [0.2, 0.25) is 0 Å². The molecule has 2 rings (SSSR count). The lowest BCUT2D eigenvalue weighted by molar-refractivity contribution is 0.943. The van der Waals surface area contributed by atoms with Crippen LogP contribution in [0.3, 0.4) is 0 Å². The third-order valence-electron chi connectivity index (χ3n) is 1.97. The van der Waals surface area contributed by atoms with E-state index in [1.807, 2.05) is 19.1 Å². The van der Waals surface area contributed by atoms with Gasteiger partial charge >= 0.3 is 0 Å². The van der Waals surface area contributed by atoms with Crippen molar-refractivity contribution in [3.8, 4) is 0 Å². The predicted octanol–water partition coefficient (Wildman–Crippen LogP) is 0.297. The zero-order valence-corrected chi connectivity index (χ0v) is 6.99. The predicted molar refractivity (Wildman–Crippen MR) is 46.8 cm³/mol. The Bertz CT molecular complexity index is 269. The van der Waals surface area contributed by atoms with Crippen molar-refractivity contribution in [1.82, 2.24) is 10.2 Å². The Labute approximate surface area is 71.2 Å². The van der Waals surface area contributed by atoms with E-state index in [1.54, 1.807) is 0 Å². The molecule has 4 nitrogen and oxygen atoms in total. The summed E-state index contributed by atoms with van der Waals surface area (Å²) in [4.78, 5) is 0. The molecule has 1 aliphatic rings. The van der Waals surface area contributed by atoms with Crippen molar-refractivity contribution in [2.75, 3.05) is 5.32 Å². The molecule has 1 aromatic rings. The molecule has 2 atom stereocenters. The van der Waals surface area contributed by atoms with E-state index in [0.29, 0.717) is 12.1 Å². The number of hydrogen-bond donors (Lipinski definition) is 2. The maximum atomic E-state index is 5.63. The number of aromatic nitrogens is 2. The van der Waals surface area contributed by atoms with Crippen LogP contribution in [-0.2, 0) is 0 Å². The van der Waals surface area contributed by atoms with E-state index in [2.05, 4.69) is 15.5 Å². The molecule has 0 radical (unpaired) electrons. The lowest BCUT2D eigenvalue weighted by Gasteiger charge is -2.01. The zero-order chi connectivity index (χ0) is 8.55. The maximum absolute atomic E-state index is 5.63. The van der Waals surface area contributed by atoms with Crippen molar-refractivity contribution < 1.29 is 0 Å². The SMILES string of the molecule is Cc1ccc(NC2CC2N)nn1. The summed E-state index contributed by atoms with van der Waals surface area (Å²) in [5.41, 5.74) is 6.56. The van der Waals surface area contributed by atoms with E-state index in [9.17, 15) is 0 Å². The normalized spacial score (nSPS) is 26.8. The van der Waals surface area contributed by atoms with Crippen molar-refractivity contribution in [2.24, 2.45) is 5.73 Å². The van der Waals surface area contributed by atoms with Crippen LogP contribution in [0.1, 0.15) is 12.1 Å². The fourth-order valence-electron chi connectivity index (χ4n) is 1.05. The molecular formula is C8H12N4. The third kappa shape index (κ3) is 1.53. The maximum Gasteiger partial charge on any atom is 0.148 e. The van der Waals surface area contributed by atoms with Gasteiger partial charge in [-0.3, -0.25) is 0 Å². The van der Waals surface area contributed by atoms with Crippen molar-refractivity contribution in [3.05, 3.63) is 17.8 Å². The molecule has 1 saturated carbocycles. The minimum absolute atomic E-state index is 0.299. The molecule has 0 bridgehead atoms. The largest absolute Gasteiger partial charge is 0.364 e. The minimum atomic E-state index is 0.299. The second-order valence-corrected chi connectivity index (χ2v) is 3.21. The number of nitrogens with two attached hydrogens (primary N) is 1. The van der Waals surface area contributed by atoms with Gasteiger partial charge in [-0.2, -0.15) is 5.10 Å². The summed E-state index contributed by atoms with van der Waals surface area (Å²) >= 11 is 0. The van der Waals surface area contributed by atoms with Crippen molar-refractivity contribution in [2.45, 2.75) is 25.4 Å². The van der Waals surface area contributed by atoms with Crippen LogP contribution in [0.25, 0.3) is 0 Å². The molecule has 1 aromatic heterocycles. The second-order valence-electron chi connectivity index (χ2n) is 3.21. The third-order valence-corrected chi connectivity index (χ3v) is 1.97. The highest BCUT2D eigenvalue weighted by molar-refractivity contribution is 5.37. The molecule has 1 heterocycles. The van der Waals surface area contributed by atoms with Crippen LogP contribution in [0, 0.1) is 6.92 Å². The van der Waals surface area contributed by atoms with Gasteiger partial charge < -0.3 is 11.1 Å². The van der Waals surface area contributed by atoms with Gasteiger partial charge in [0.05, 0.1) is 5.69 Å². The summed E-state index contributed by atoms with van der Waals surface area (Å²) in [5, 5.41) is 11.1. The standard InChI is InChI=1S/C8H12N4/c1-5-2-3-8(12-11-5)10-7-4-6(7)9/h2-3,6-7H,4,9H2,1H3,(H,10,12). The van der Waals surface area contributed by atoms with Gasteiger partial charge in [0.1, 0.15) is 5.82 Å². The number of nitrogens with one attached hydrogen (secondary N) is 1. The van der Waals surface area contributed by atoms with Crippen LogP contribution in [0.15, 0.2) is 12.1 Å². The Kier molecular flexibility index (Phi) is 1.69. The first-order valence-corrected chi connectivity index (χ1v) is 4.08. The Hall–Kier alpha value is -1.16. The molecule has 2 unspecified atom stereocenters. The van der Waals surface area contributed by atoms with E-state index in [-0.39, 0.29) is 0 Å². The first-order chi connectivity index (χ1) is 5.75. The van der Waals surface area contributed by atoms with Crippen LogP contribution in [0.4, 0.5) is 5.82 Å². The fraction of sp³-hybridized carbons (Fsp3) is 0.500. The quantitative estimate of drug-likeness (QED) is 0.659. The van der Waals surface area contributed by atoms with Crippen LogP contribution in [-0.4, -0.2) is 22.3 Å². The van der Waals surface area contributed by atoms with Gasteiger partial charge in [0.15, 0.2) is 0 Å². The fourth-order valence-corrected chi connectivity index (χ4v) is 1.05. The lowest BCUT2D eigenvalue weighted by Crippen LogP contribution is -2.14. The smallest absolute Gasteiger partial charge is 0.148 e. The van der Waals surface area contributed by atoms with Crippen LogP contribution in [0.2, 0.25) is 0 Å². The van der Waals surface area contributed by atoms with Crippen LogP contribution < -0.4 is 11.1 Å². The Balaban J connectivity index is 2.00. The van der Waals surface area contributed by atoms with Crippen molar-refractivity contribution in [1.29, 1.82) is 0 Å². The Morgan fingerprint density at radius 1 is 1.50 bits per heavy atom. The molecule has 0 spiro atoms. The number of aryl methyl sites for hydroxylation is 1. The summed E-state index contributed by atoms with van der Waals surface area (Å²) in [6.45, 7) is 1.92. The number of hydrogen-bond acceptors (Lipinski definition) is 4. The summed E-state index contributed by atoms with van der Waals surface area (Å²) < 4.78 is 0. The Morgan fingerprint density at radius 2 is 2.25 bits per heavy atom. The van der Waals surface area contributed by atoms with Gasteiger partial charge in [-0.25, -0.2) is 0 Å². The number of nitrogens with zero attached hydrogens (tertiary/aromatic N) is 2. The Morgan fingerprint density at radius 3 is 2.75 bits per heavy atom. The summed E-state index contributed by atoms with van der Waals surface area (Å²) in [6, 6.07) is 4.56. The van der Waals surface area contributed by atoms with E-state index in [0.717, 1.165) is 17.9 Å². The lowest BCUT2D eigenvalue weighted by atomic mass is 10.4. The molecule has 1 fully saturated rings. The summed E-state index contributed by atoms with van der Waals surface area (Å²) in [6.07, 6.45) is 1.04. The highest BCUT2D eigenvalue weighted by atomic mass is 15.2. The van der Waals surface area contributed by atoms with E-state index >= 15 is 0 Å². The minimum Gasteiger partial charge on any atom is -0.364 e.